The molecule has 1 heterocycles. The number of ether oxygens (including phenoxy) is 2. The number of fused-ring (bicyclic) bond motifs is 1. The molecule has 0 spiro atoms. The molecular formula is C19H16ClF3N2O3. The van der Waals surface area contributed by atoms with Crippen molar-refractivity contribution in [3.8, 4) is 11.5 Å². The number of benzene rings is 2. The first-order valence-electron chi connectivity index (χ1n) is 8.16. The smallest absolute Gasteiger partial charge is 0.451 e. The van der Waals surface area contributed by atoms with Crippen LogP contribution >= 0.6 is 11.6 Å². The van der Waals surface area contributed by atoms with E-state index in [9.17, 15) is 18.0 Å². The Bertz CT molecular complexity index is 929. The number of rotatable bonds is 4. The maximum atomic E-state index is 12.2. The summed E-state index contributed by atoms with van der Waals surface area (Å²) in [7, 11) is 0. The van der Waals surface area contributed by atoms with Crippen molar-refractivity contribution in [2.75, 3.05) is 10.6 Å². The molecule has 28 heavy (non-hydrogen) atoms. The second kappa shape index (κ2) is 7.27. The Hall–Kier alpha value is -2.87. The molecule has 1 atom stereocenters. The van der Waals surface area contributed by atoms with Gasteiger partial charge in [0.2, 0.25) is 5.91 Å². The summed E-state index contributed by atoms with van der Waals surface area (Å²) in [6, 6.07) is 10.2. The Labute approximate surface area is 164 Å². The monoisotopic (exact) mass is 412 g/mol. The van der Waals surface area contributed by atoms with Crippen LogP contribution in [0.5, 0.6) is 11.5 Å². The predicted octanol–water partition coefficient (Wildman–Crippen LogP) is 5.34. The Morgan fingerprint density at radius 1 is 1.14 bits per heavy atom. The molecule has 148 valence electrons. The van der Waals surface area contributed by atoms with Crippen LogP contribution in [0.3, 0.4) is 0 Å². The third-order valence-electron chi connectivity index (χ3n) is 3.80. The average molecular weight is 413 g/mol. The Balaban J connectivity index is 1.78. The van der Waals surface area contributed by atoms with Crippen LogP contribution in [0.1, 0.15) is 19.4 Å². The van der Waals surface area contributed by atoms with Gasteiger partial charge in [0.25, 0.3) is 5.18 Å². The van der Waals surface area contributed by atoms with Crippen LogP contribution in [0.15, 0.2) is 48.5 Å². The molecular weight excluding hydrogens is 397 g/mol. The summed E-state index contributed by atoms with van der Waals surface area (Å²) >= 11 is 6.51. The maximum Gasteiger partial charge on any atom is 0.573 e. The lowest BCUT2D eigenvalue weighted by Gasteiger charge is -2.33. The molecule has 0 saturated heterocycles. The van der Waals surface area contributed by atoms with Crippen LogP contribution in [0.2, 0.25) is 0 Å². The molecule has 0 aromatic heterocycles. The molecule has 1 aliphatic rings. The number of carbonyl (C=O) groups is 1. The standard InChI is InChI=1S/C19H16ClF3N2O3/c1-11-10-18(20,25-17-8-3-13(9-16(11)17)24-12(2)26)27-14-4-6-15(7-5-14)28-19(21,22)23/h3-10,25H,1-2H3,(H,24,26). The topological polar surface area (TPSA) is 59.6 Å². The van der Waals surface area contributed by atoms with Gasteiger partial charge in [0, 0.05) is 29.9 Å². The molecule has 0 aliphatic carbocycles. The van der Waals surface area contributed by atoms with Gasteiger partial charge in [-0.1, -0.05) is 0 Å². The largest absolute Gasteiger partial charge is 0.573 e. The fourth-order valence-electron chi connectivity index (χ4n) is 2.77. The van der Waals surface area contributed by atoms with E-state index in [0.29, 0.717) is 11.4 Å². The SMILES string of the molecule is CC(=O)Nc1ccc2c(c1)C(C)=CC(Cl)(Oc1ccc(OC(F)(F)F)cc1)N2. The van der Waals surface area contributed by atoms with Crippen molar-refractivity contribution in [3.63, 3.8) is 0 Å². The number of anilines is 2. The number of halogens is 4. The molecule has 0 bridgehead atoms. The first kappa shape index (κ1) is 19.9. The molecule has 0 fully saturated rings. The number of allylic oxidation sites excluding steroid dienone is 1. The minimum atomic E-state index is -4.76. The molecule has 2 aromatic carbocycles. The van der Waals surface area contributed by atoms with E-state index in [1.54, 1.807) is 24.3 Å². The summed E-state index contributed by atoms with van der Waals surface area (Å²) in [6.07, 6.45) is -3.13. The zero-order chi connectivity index (χ0) is 20.5. The van der Waals surface area contributed by atoms with Gasteiger partial charge in [-0.25, -0.2) is 0 Å². The van der Waals surface area contributed by atoms with E-state index in [-0.39, 0.29) is 17.4 Å². The lowest BCUT2D eigenvalue weighted by molar-refractivity contribution is -0.274. The predicted molar refractivity (Wildman–Crippen MR) is 100 cm³/mol. The lowest BCUT2D eigenvalue weighted by atomic mass is 10.00. The number of carbonyl (C=O) groups excluding carboxylic acids is 1. The van der Waals surface area contributed by atoms with E-state index in [1.807, 2.05) is 6.92 Å². The second-order valence-corrected chi connectivity index (χ2v) is 6.72. The van der Waals surface area contributed by atoms with E-state index >= 15 is 0 Å². The van der Waals surface area contributed by atoms with E-state index in [0.717, 1.165) is 23.3 Å². The van der Waals surface area contributed by atoms with Gasteiger partial charge in [-0.15, -0.1) is 13.2 Å². The number of hydrogen-bond acceptors (Lipinski definition) is 4. The average Bonchev–Trinajstić information content (AvgIpc) is 2.55. The Morgan fingerprint density at radius 3 is 2.39 bits per heavy atom. The van der Waals surface area contributed by atoms with E-state index in [2.05, 4.69) is 15.4 Å². The number of amides is 1. The van der Waals surface area contributed by atoms with Crippen LogP contribution in [0, 0.1) is 0 Å². The van der Waals surface area contributed by atoms with Crippen LogP contribution in [0.25, 0.3) is 5.57 Å². The van der Waals surface area contributed by atoms with Gasteiger partial charge in [-0.2, -0.15) is 0 Å². The summed E-state index contributed by atoms with van der Waals surface area (Å²) < 4.78 is 46.3. The van der Waals surface area contributed by atoms with Crippen LogP contribution in [-0.4, -0.2) is 17.5 Å². The van der Waals surface area contributed by atoms with Gasteiger partial charge in [0.15, 0.2) is 0 Å². The van der Waals surface area contributed by atoms with Crippen molar-refractivity contribution in [1.29, 1.82) is 0 Å². The summed E-state index contributed by atoms with van der Waals surface area (Å²) in [4.78, 5) is 11.2. The summed E-state index contributed by atoms with van der Waals surface area (Å²) in [5, 5.41) is 4.30. The fourth-order valence-corrected chi connectivity index (χ4v) is 3.13. The quantitative estimate of drug-likeness (QED) is 0.525. The first-order valence-corrected chi connectivity index (χ1v) is 8.54. The van der Waals surface area contributed by atoms with E-state index in [1.165, 1.54) is 19.1 Å². The lowest BCUT2D eigenvalue weighted by Crippen LogP contribution is -2.38. The number of hydrogen-bond donors (Lipinski definition) is 2. The van der Waals surface area contributed by atoms with Gasteiger partial charge in [-0.3, -0.25) is 4.79 Å². The molecule has 1 aliphatic heterocycles. The summed E-state index contributed by atoms with van der Waals surface area (Å²) in [5.74, 6) is -0.291. The molecule has 2 N–H and O–H groups in total. The molecule has 1 unspecified atom stereocenters. The Kier molecular flexibility index (Phi) is 5.16. The minimum absolute atomic E-state index is 0.182. The van der Waals surface area contributed by atoms with Crippen molar-refractivity contribution in [2.45, 2.75) is 25.4 Å². The molecule has 2 aromatic rings. The van der Waals surface area contributed by atoms with Crippen molar-refractivity contribution >= 4 is 34.5 Å². The van der Waals surface area contributed by atoms with Crippen molar-refractivity contribution in [2.24, 2.45) is 0 Å². The fraction of sp³-hybridized carbons (Fsp3) is 0.211. The highest BCUT2D eigenvalue weighted by Gasteiger charge is 2.33. The Morgan fingerprint density at radius 2 is 1.79 bits per heavy atom. The highest BCUT2D eigenvalue weighted by atomic mass is 35.5. The molecule has 5 nitrogen and oxygen atoms in total. The molecule has 1 amide bonds. The third-order valence-corrected chi connectivity index (χ3v) is 4.08. The zero-order valence-electron chi connectivity index (χ0n) is 14.9. The minimum Gasteiger partial charge on any atom is -0.451 e. The molecule has 3 rings (SSSR count). The normalized spacial score (nSPS) is 18.4. The van der Waals surface area contributed by atoms with Crippen molar-refractivity contribution in [3.05, 3.63) is 54.1 Å². The third kappa shape index (κ3) is 4.89. The molecule has 0 radical (unpaired) electrons. The molecule has 9 heteroatoms. The van der Waals surface area contributed by atoms with E-state index < -0.39 is 11.5 Å². The van der Waals surface area contributed by atoms with Gasteiger partial charge in [-0.05, 0) is 66.6 Å². The zero-order valence-corrected chi connectivity index (χ0v) is 15.6. The first-order chi connectivity index (χ1) is 13.0. The van der Waals surface area contributed by atoms with Gasteiger partial charge >= 0.3 is 6.36 Å². The second-order valence-electron chi connectivity index (χ2n) is 6.16. The van der Waals surface area contributed by atoms with Crippen molar-refractivity contribution < 1.29 is 27.4 Å². The maximum absolute atomic E-state index is 12.2. The van der Waals surface area contributed by atoms with Crippen molar-refractivity contribution in [1.82, 2.24) is 0 Å². The van der Waals surface area contributed by atoms with Gasteiger partial charge in [0.1, 0.15) is 11.5 Å². The van der Waals surface area contributed by atoms with Crippen LogP contribution in [-0.2, 0) is 4.79 Å². The number of nitrogens with one attached hydrogen (secondary N) is 2. The van der Waals surface area contributed by atoms with E-state index in [4.69, 9.17) is 16.3 Å². The van der Waals surface area contributed by atoms with Crippen LogP contribution in [0.4, 0.5) is 24.5 Å². The van der Waals surface area contributed by atoms with Gasteiger partial charge in [0.05, 0.1) is 0 Å². The highest BCUT2D eigenvalue weighted by molar-refractivity contribution is 6.26. The highest BCUT2D eigenvalue weighted by Crippen LogP contribution is 2.38. The van der Waals surface area contributed by atoms with Crippen LogP contribution < -0.4 is 20.1 Å². The summed E-state index contributed by atoms with van der Waals surface area (Å²) in [5.41, 5.74) is 2.96. The summed E-state index contributed by atoms with van der Waals surface area (Å²) in [6.45, 7) is 3.25. The van der Waals surface area contributed by atoms with Gasteiger partial charge < -0.3 is 20.1 Å². The molecule has 0 saturated carbocycles. The number of alkyl halides is 4.